The molecular weight excluding hydrogens is 114 g/mol. The summed E-state index contributed by atoms with van der Waals surface area (Å²) in [6.07, 6.45) is 1.98. The molecule has 1 N–H and O–H groups in total. The van der Waals surface area contributed by atoms with Gasteiger partial charge in [0.05, 0.1) is 0 Å². The summed E-state index contributed by atoms with van der Waals surface area (Å²) in [5.41, 5.74) is -0.363. The van der Waals surface area contributed by atoms with Crippen LogP contribution in [0.1, 0.15) is 19.8 Å². The Morgan fingerprint density at radius 3 is 2.78 bits per heavy atom. The lowest BCUT2D eigenvalue weighted by Gasteiger charge is -2.27. The largest absolute Gasteiger partial charge is 0.356 e. The van der Waals surface area contributed by atoms with E-state index < -0.39 is 0 Å². The van der Waals surface area contributed by atoms with Crippen LogP contribution in [0.5, 0.6) is 0 Å². The summed E-state index contributed by atoms with van der Waals surface area (Å²) in [4.78, 5) is 10.9. The zero-order chi connectivity index (χ0) is 6.91. The quantitative estimate of drug-likeness (QED) is 0.509. The molecule has 1 aliphatic rings. The Kier molecular flexibility index (Phi) is 1.47. The van der Waals surface area contributed by atoms with E-state index in [1.165, 1.54) is 0 Å². The van der Waals surface area contributed by atoms with Crippen LogP contribution >= 0.6 is 0 Å². The number of hydrogen-bond donors (Lipinski definition) is 1. The average molecular weight is 126 g/mol. The molecule has 1 amide bonds. The molecule has 1 radical (unpaired) electrons. The van der Waals surface area contributed by atoms with Gasteiger partial charge in [-0.1, -0.05) is 6.92 Å². The minimum atomic E-state index is -0.363. The van der Waals surface area contributed by atoms with Crippen LogP contribution < -0.4 is 5.32 Å². The Morgan fingerprint density at radius 1 is 1.78 bits per heavy atom. The van der Waals surface area contributed by atoms with Gasteiger partial charge in [0, 0.05) is 12.0 Å². The van der Waals surface area contributed by atoms with Crippen LogP contribution in [-0.4, -0.2) is 12.5 Å². The first-order valence-electron chi connectivity index (χ1n) is 3.26. The topological polar surface area (TPSA) is 29.1 Å². The lowest BCUT2D eigenvalue weighted by molar-refractivity contribution is -0.129. The molecule has 0 spiro atoms. The van der Waals surface area contributed by atoms with Crippen LogP contribution in [0.3, 0.4) is 0 Å². The Morgan fingerprint density at radius 2 is 2.44 bits per heavy atom. The van der Waals surface area contributed by atoms with Gasteiger partial charge in [-0.25, -0.2) is 0 Å². The summed E-state index contributed by atoms with van der Waals surface area (Å²) in [6, 6.07) is 0. The summed E-state index contributed by atoms with van der Waals surface area (Å²) in [7, 11) is 0. The molecule has 1 unspecified atom stereocenters. The van der Waals surface area contributed by atoms with Gasteiger partial charge in [-0.3, -0.25) is 4.79 Å². The highest BCUT2D eigenvalue weighted by Crippen LogP contribution is 2.24. The fourth-order valence-corrected chi connectivity index (χ4v) is 1.01. The second-order valence-corrected chi connectivity index (χ2v) is 2.92. The lowest BCUT2D eigenvalue weighted by Crippen LogP contribution is -2.42. The maximum atomic E-state index is 10.9. The first-order chi connectivity index (χ1) is 4.13. The molecule has 51 valence electrons. The molecule has 1 atom stereocenters. The third kappa shape index (κ3) is 1.23. The van der Waals surface area contributed by atoms with Crippen LogP contribution in [-0.2, 0) is 4.79 Å². The number of amides is 1. The molecule has 0 bridgehead atoms. The minimum absolute atomic E-state index is 0.0914. The van der Waals surface area contributed by atoms with Crippen molar-refractivity contribution in [3.05, 3.63) is 6.92 Å². The van der Waals surface area contributed by atoms with Crippen molar-refractivity contribution in [3.63, 3.8) is 0 Å². The summed E-state index contributed by atoms with van der Waals surface area (Å²) in [6.45, 7) is 6.50. The van der Waals surface area contributed by atoms with E-state index >= 15 is 0 Å². The highest BCUT2D eigenvalue weighted by atomic mass is 16.2. The third-order valence-corrected chi connectivity index (χ3v) is 1.74. The van der Waals surface area contributed by atoms with Crippen LogP contribution in [0.4, 0.5) is 0 Å². The number of piperidine rings is 1. The molecular formula is C7H12NO. The Hall–Kier alpha value is -0.530. The second kappa shape index (κ2) is 2.01. The van der Waals surface area contributed by atoms with E-state index in [0.29, 0.717) is 0 Å². The average Bonchev–Trinajstić information content (AvgIpc) is 1.77. The number of hydrogen-bond acceptors (Lipinski definition) is 1. The van der Waals surface area contributed by atoms with Crippen molar-refractivity contribution in [2.75, 3.05) is 6.54 Å². The van der Waals surface area contributed by atoms with E-state index in [1.54, 1.807) is 0 Å². The van der Waals surface area contributed by atoms with E-state index in [9.17, 15) is 4.79 Å². The predicted molar refractivity (Wildman–Crippen MR) is 35.7 cm³/mol. The van der Waals surface area contributed by atoms with Crippen molar-refractivity contribution in [2.45, 2.75) is 19.8 Å². The molecule has 0 aromatic carbocycles. The van der Waals surface area contributed by atoms with Crippen molar-refractivity contribution in [1.29, 1.82) is 0 Å². The van der Waals surface area contributed by atoms with E-state index in [2.05, 4.69) is 12.2 Å². The summed E-state index contributed by atoms with van der Waals surface area (Å²) < 4.78 is 0. The van der Waals surface area contributed by atoms with Crippen LogP contribution in [0, 0.1) is 12.3 Å². The maximum absolute atomic E-state index is 10.9. The SMILES string of the molecule is [CH2]C1(C)CCCNC1=O. The van der Waals surface area contributed by atoms with Gasteiger partial charge in [-0.15, -0.1) is 0 Å². The van der Waals surface area contributed by atoms with Crippen molar-refractivity contribution >= 4 is 5.91 Å². The van der Waals surface area contributed by atoms with Gasteiger partial charge in [-0.2, -0.15) is 0 Å². The van der Waals surface area contributed by atoms with Crippen LogP contribution in [0.25, 0.3) is 0 Å². The van der Waals surface area contributed by atoms with Gasteiger partial charge in [0.25, 0.3) is 0 Å². The Labute approximate surface area is 55.6 Å². The molecule has 0 saturated carbocycles. The second-order valence-electron chi connectivity index (χ2n) is 2.92. The number of nitrogens with one attached hydrogen (secondary N) is 1. The highest BCUT2D eigenvalue weighted by Gasteiger charge is 2.29. The lowest BCUT2D eigenvalue weighted by atomic mass is 9.84. The molecule has 2 nitrogen and oxygen atoms in total. The smallest absolute Gasteiger partial charge is 0.225 e. The molecule has 1 fully saturated rings. The number of rotatable bonds is 0. The standard InChI is InChI=1S/C7H12NO/c1-7(2)4-3-5-8-6(7)9/h1,3-5H2,2H3,(H,8,9). The van der Waals surface area contributed by atoms with Crippen LogP contribution in [0.15, 0.2) is 0 Å². The van der Waals surface area contributed by atoms with Gasteiger partial charge in [0.15, 0.2) is 0 Å². The minimum Gasteiger partial charge on any atom is -0.356 e. The van der Waals surface area contributed by atoms with Crippen molar-refractivity contribution in [1.82, 2.24) is 5.32 Å². The highest BCUT2D eigenvalue weighted by molar-refractivity contribution is 5.83. The first-order valence-corrected chi connectivity index (χ1v) is 3.26. The zero-order valence-corrected chi connectivity index (χ0v) is 5.74. The van der Waals surface area contributed by atoms with Crippen molar-refractivity contribution in [3.8, 4) is 0 Å². The molecule has 1 aliphatic heterocycles. The first kappa shape index (κ1) is 6.59. The summed E-state index contributed by atoms with van der Waals surface area (Å²) in [5.74, 6) is 0.0914. The molecule has 0 aromatic heterocycles. The molecule has 9 heavy (non-hydrogen) atoms. The monoisotopic (exact) mass is 126 g/mol. The molecule has 1 rings (SSSR count). The molecule has 0 aromatic rings. The van der Waals surface area contributed by atoms with E-state index in [4.69, 9.17) is 0 Å². The molecule has 1 heterocycles. The fourth-order valence-electron chi connectivity index (χ4n) is 1.01. The number of carbonyl (C=O) groups is 1. The van der Waals surface area contributed by atoms with Crippen molar-refractivity contribution < 1.29 is 4.79 Å². The number of carbonyl (C=O) groups excluding carboxylic acids is 1. The maximum Gasteiger partial charge on any atom is 0.225 e. The molecule has 0 aliphatic carbocycles. The summed E-state index contributed by atoms with van der Waals surface area (Å²) in [5, 5.41) is 2.77. The van der Waals surface area contributed by atoms with Gasteiger partial charge in [-0.05, 0) is 19.8 Å². The van der Waals surface area contributed by atoms with E-state index in [0.717, 1.165) is 19.4 Å². The predicted octanol–water partition coefficient (Wildman–Crippen LogP) is 0.737. The molecule has 2 heteroatoms. The van der Waals surface area contributed by atoms with E-state index in [-0.39, 0.29) is 11.3 Å². The fraction of sp³-hybridized carbons (Fsp3) is 0.714. The Bertz CT molecular complexity index is 129. The molecule has 1 saturated heterocycles. The Balaban J connectivity index is 2.60. The normalized spacial score (nSPS) is 25.3. The summed E-state index contributed by atoms with van der Waals surface area (Å²) >= 11 is 0. The van der Waals surface area contributed by atoms with Gasteiger partial charge in [0.1, 0.15) is 0 Å². The van der Waals surface area contributed by atoms with E-state index in [1.807, 2.05) is 6.92 Å². The van der Waals surface area contributed by atoms with Gasteiger partial charge < -0.3 is 5.32 Å². The zero-order valence-electron chi connectivity index (χ0n) is 5.74. The van der Waals surface area contributed by atoms with Crippen molar-refractivity contribution in [2.24, 2.45) is 5.41 Å². The van der Waals surface area contributed by atoms with Gasteiger partial charge >= 0.3 is 0 Å². The van der Waals surface area contributed by atoms with Crippen LogP contribution in [0.2, 0.25) is 0 Å². The van der Waals surface area contributed by atoms with Gasteiger partial charge in [0.2, 0.25) is 5.91 Å². The third-order valence-electron chi connectivity index (χ3n) is 1.74.